The van der Waals surface area contributed by atoms with Crippen LogP contribution in [0.5, 0.6) is 5.75 Å². The molecule has 0 bridgehead atoms. The number of nitrogens with one attached hydrogen (secondary N) is 1. The van der Waals surface area contributed by atoms with Crippen molar-refractivity contribution in [2.45, 2.75) is 6.18 Å². The topological polar surface area (TPSA) is 126 Å². The van der Waals surface area contributed by atoms with Crippen molar-refractivity contribution in [2.24, 2.45) is 5.18 Å². The molecule has 2 aromatic rings. The van der Waals surface area contributed by atoms with E-state index in [0.29, 0.717) is 6.07 Å². The summed E-state index contributed by atoms with van der Waals surface area (Å²) in [6.07, 6.45) is -4.95. The van der Waals surface area contributed by atoms with Gasteiger partial charge in [0.05, 0.1) is 16.0 Å². The standard InChI is InChI=1S/C10H3BrF3N3O5/c11-5-2(10(12,13)14)1-3-4(7(5)17(21)22)8(18)6(16-20)9(19)15-3/h1H,(H2,15,18,19). The molecule has 0 radical (unpaired) electrons. The molecule has 0 aliphatic heterocycles. The number of halogens is 4. The Morgan fingerprint density at radius 3 is 2.45 bits per heavy atom. The maximum Gasteiger partial charge on any atom is 0.417 e. The van der Waals surface area contributed by atoms with Gasteiger partial charge in [-0.15, -0.1) is 4.91 Å². The first-order valence-corrected chi connectivity index (χ1v) is 6.05. The summed E-state index contributed by atoms with van der Waals surface area (Å²) in [4.78, 5) is 33.6. The van der Waals surface area contributed by atoms with Crippen molar-refractivity contribution < 1.29 is 23.2 Å². The second kappa shape index (κ2) is 5.05. The predicted octanol–water partition coefficient (Wildman–Crippen LogP) is 3.32. The van der Waals surface area contributed by atoms with Crippen LogP contribution in [-0.2, 0) is 6.18 Å². The van der Waals surface area contributed by atoms with Crippen molar-refractivity contribution in [2.75, 3.05) is 0 Å². The predicted molar refractivity (Wildman–Crippen MR) is 71.0 cm³/mol. The third kappa shape index (κ3) is 2.30. The molecule has 2 N–H and O–H groups in total. The lowest BCUT2D eigenvalue weighted by atomic mass is 10.1. The highest BCUT2D eigenvalue weighted by Crippen LogP contribution is 2.46. The van der Waals surface area contributed by atoms with Crippen LogP contribution >= 0.6 is 15.9 Å². The van der Waals surface area contributed by atoms with Gasteiger partial charge in [-0.05, 0) is 27.2 Å². The molecule has 8 nitrogen and oxygen atoms in total. The van der Waals surface area contributed by atoms with Crippen LogP contribution in [0.4, 0.5) is 24.5 Å². The van der Waals surface area contributed by atoms with Gasteiger partial charge in [0.25, 0.3) is 11.2 Å². The molecule has 0 aliphatic carbocycles. The molecule has 0 aliphatic rings. The van der Waals surface area contributed by atoms with E-state index < -0.39 is 54.7 Å². The van der Waals surface area contributed by atoms with Gasteiger partial charge in [-0.2, -0.15) is 13.2 Å². The van der Waals surface area contributed by atoms with E-state index in [1.807, 2.05) is 4.98 Å². The maximum atomic E-state index is 12.9. The minimum atomic E-state index is -4.95. The van der Waals surface area contributed by atoms with Crippen molar-refractivity contribution in [3.8, 4) is 5.75 Å². The number of rotatable bonds is 2. The summed E-state index contributed by atoms with van der Waals surface area (Å²) in [6, 6.07) is 0.405. The average Bonchev–Trinajstić information content (AvgIpc) is 2.37. The van der Waals surface area contributed by atoms with Crippen LogP contribution in [0.2, 0.25) is 0 Å². The second-order valence-corrected chi connectivity index (χ2v) is 4.80. The Morgan fingerprint density at radius 2 is 2.00 bits per heavy atom. The summed E-state index contributed by atoms with van der Waals surface area (Å²) >= 11 is 2.46. The van der Waals surface area contributed by atoms with Crippen molar-refractivity contribution in [3.63, 3.8) is 0 Å². The number of aromatic hydroxyl groups is 1. The molecule has 0 atom stereocenters. The molecule has 0 saturated heterocycles. The van der Waals surface area contributed by atoms with Crippen molar-refractivity contribution >= 4 is 38.2 Å². The Balaban J connectivity index is 3.14. The molecule has 116 valence electrons. The van der Waals surface area contributed by atoms with Gasteiger partial charge >= 0.3 is 6.18 Å². The second-order valence-electron chi connectivity index (χ2n) is 4.01. The molecule has 0 spiro atoms. The molecule has 0 amide bonds. The number of aromatic nitrogens is 1. The molecule has 2 rings (SSSR count). The number of nitrogens with zero attached hydrogens (tertiary/aromatic N) is 2. The number of alkyl halides is 3. The van der Waals surface area contributed by atoms with E-state index in [0.717, 1.165) is 0 Å². The molecule has 22 heavy (non-hydrogen) atoms. The number of pyridine rings is 1. The van der Waals surface area contributed by atoms with Crippen LogP contribution < -0.4 is 5.56 Å². The van der Waals surface area contributed by atoms with Gasteiger partial charge in [-0.1, -0.05) is 0 Å². The molecule has 1 heterocycles. The number of nitro groups is 1. The molecule has 0 saturated carbocycles. The van der Waals surface area contributed by atoms with E-state index in [2.05, 4.69) is 21.1 Å². The highest BCUT2D eigenvalue weighted by molar-refractivity contribution is 9.10. The van der Waals surface area contributed by atoms with E-state index in [1.54, 1.807) is 0 Å². The number of hydrogen-bond acceptors (Lipinski definition) is 6. The molecule has 12 heteroatoms. The minimum absolute atomic E-state index is 0.405. The first-order chi connectivity index (χ1) is 10.1. The van der Waals surface area contributed by atoms with E-state index >= 15 is 0 Å². The molecular formula is C10H3BrF3N3O5. The van der Waals surface area contributed by atoms with Gasteiger partial charge in [-0.3, -0.25) is 14.9 Å². The van der Waals surface area contributed by atoms with Gasteiger partial charge in [0.15, 0.2) is 5.75 Å². The summed E-state index contributed by atoms with van der Waals surface area (Å²) in [6.45, 7) is 0. The number of fused-ring (bicyclic) bond motifs is 1. The van der Waals surface area contributed by atoms with Crippen LogP contribution in [0.3, 0.4) is 0 Å². The molecule has 0 fully saturated rings. The highest BCUT2D eigenvalue weighted by atomic mass is 79.9. The molecule has 1 aromatic carbocycles. The van der Waals surface area contributed by atoms with Crippen LogP contribution in [0, 0.1) is 15.0 Å². The van der Waals surface area contributed by atoms with Crippen molar-refractivity contribution in [1.29, 1.82) is 0 Å². The fraction of sp³-hybridized carbons (Fsp3) is 0.100. The highest BCUT2D eigenvalue weighted by Gasteiger charge is 2.38. The number of hydrogen-bond donors (Lipinski definition) is 2. The van der Waals surface area contributed by atoms with Gasteiger partial charge in [-0.25, -0.2) is 0 Å². The lowest BCUT2D eigenvalue weighted by molar-refractivity contribution is -0.384. The van der Waals surface area contributed by atoms with Crippen molar-refractivity contribution in [3.05, 3.63) is 41.5 Å². The number of benzene rings is 1. The van der Waals surface area contributed by atoms with Crippen LogP contribution in [0.15, 0.2) is 20.5 Å². The number of H-pyrrole nitrogens is 1. The Kier molecular flexibility index (Phi) is 3.64. The third-order valence-corrected chi connectivity index (χ3v) is 3.55. The smallest absolute Gasteiger partial charge is 0.417 e. The zero-order chi connectivity index (χ0) is 16.8. The van der Waals surface area contributed by atoms with Gasteiger partial charge in [0.1, 0.15) is 9.86 Å². The monoisotopic (exact) mass is 381 g/mol. The van der Waals surface area contributed by atoms with E-state index in [-0.39, 0.29) is 0 Å². The number of aromatic amines is 1. The summed E-state index contributed by atoms with van der Waals surface area (Å²) in [5.74, 6) is -1.17. The van der Waals surface area contributed by atoms with Crippen LogP contribution in [0.1, 0.15) is 5.56 Å². The Hall–Kier alpha value is -2.50. The number of nitroso groups, excluding NO2 is 1. The first kappa shape index (κ1) is 15.9. The van der Waals surface area contributed by atoms with Gasteiger partial charge < -0.3 is 10.1 Å². The first-order valence-electron chi connectivity index (χ1n) is 5.26. The fourth-order valence-corrected chi connectivity index (χ4v) is 2.54. The quantitative estimate of drug-likeness (QED) is 0.468. The van der Waals surface area contributed by atoms with Crippen LogP contribution in [0.25, 0.3) is 10.9 Å². The van der Waals surface area contributed by atoms with E-state index in [4.69, 9.17) is 0 Å². The lowest BCUT2D eigenvalue weighted by Crippen LogP contribution is -2.11. The summed E-state index contributed by atoms with van der Waals surface area (Å²) in [7, 11) is 0. The zero-order valence-electron chi connectivity index (χ0n) is 10.1. The third-order valence-electron chi connectivity index (χ3n) is 2.74. The van der Waals surface area contributed by atoms with Gasteiger partial charge in [0.2, 0.25) is 5.69 Å². The van der Waals surface area contributed by atoms with Crippen molar-refractivity contribution in [1.82, 2.24) is 4.98 Å². The van der Waals surface area contributed by atoms with E-state index in [9.17, 15) is 38.1 Å². The zero-order valence-corrected chi connectivity index (χ0v) is 11.6. The van der Waals surface area contributed by atoms with E-state index in [1.165, 1.54) is 0 Å². The minimum Gasteiger partial charge on any atom is -0.505 e. The Labute approximate surface area is 125 Å². The molecular weight excluding hydrogens is 379 g/mol. The normalized spacial score (nSPS) is 11.6. The average molecular weight is 382 g/mol. The summed E-state index contributed by atoms with van der Waals surface area (Å²) in [5.41, 5.74) is -5.57. The maximum absolute atomic E-state index is 12.9. The Bertz CT molecular complexity index is 877. The summed E-state index contributed by atoms with van der Waals surface area (Å²) in [5, 5.41) is 22.3. The largest absolute Gasteiger partial charge is 0.505 e. The van der Waals surface area contributed by atoms with Crippen LogP contribution in [-0.4, -0.2) is 15.0 Å². The SMILES string of the molecule is O=Nc1c(O)c2c([N+](=O)[O-])c(Br)c(C(F)(F)F)cc2[nH]c1=O. The summed E-state index contributed by atoms with van der Waals surface area (Å²) < 4.78 is 37.7. The number of nitro benzene ring substituents is 1. The van der Waals surface area contributed by atoms with Gasteiger partial charge in [0, 0.05) is 0 Å². The molecule has 1 aromatic heterocycles. The fourth-order valence-electron chi connectivity index (χ4n) is 1.85. The molecule has 0 unspecified atom stereocenters. The lowest BCUT2D eigenvalue weighted by Gasteiger charge is -2.12. The Morgan fingerprint density at radius 1 is 1.41 bits per heavy atom.